The highest BCUT2D eigenvalue weighted by Crippen LogP contribution is 2.41. The van der Waals surface area contributed by atoms with Gasteiger partial charge >= 0.3 is 0 Å². The van der Waals surface area contributed by atoms with E-state index in [2.05, 4.69) is 55.1 Å². The van der Waals surface area contributed by atoms with Crippen molar-refractivity contribution in [3.05, 3.63) is 66.3 Å². The second-order valence-electron chi connectivity index (χ2n) is 4.78. The van der Waals surface area contributed by atoms with E-state index in [0.717, 1.165) is 6.42 Å². The van der Waals surface area contributed by atoms with Gasteiger partial charge in [0.15, 0.2) is 0 Å². The van der Waals surface area contributed by atoms with Crippen LogP contribution in [-0.2, 0) is 0 Å². The zero-order chi connectivity index (χ0) is 11.0. The summed E-state index contributed by atoms with van der Waals surface area (Å²) in [6.45, 7) is 4.21. The Morgan fingerprint density at radius 3 is 2.62 bits per heavy atom. The van der Waals surface area contributed by atoms with E-state index in [1.807, 2.05) is 0 Å². The summed E-state index contributed by atoms with van der Waals surface area (Å²) in [5, 5.41) is 0. The Hall–Kier alpha value is -1.56. The lowest BCUT2D eigenvalue weighted by atomic mass is 9.93. The number of hydrogen-bond acceptors (Lipinski definition) is 0. The highest BCUT2D eigenvalue weighted by atomic mass is 14.3. The normalized spacial score (nSPS) is 25.9. The molecular weight excluding hydrogens is 192 g/mol. The van der Waals surface area contributed by atoms with Gasteiger partial charge in [0.05, 0.1) is 0 Å². The molecule has 0 radical (unpaired) electrons. The molecule has 2 unspecified atom stereocenters. The number of hydrogen-bond donors (Lipinski definition) is 0. The molecule has 0 heteroatoms. The van der Waals surface area contributed by atoms with Gasteiger partial charge in [-0.15, -0.1) is 0 Å². The van der Waals surface area contributed by atoms with Crippen LogP contribution >= 0.6 is 0 Å². The van der Waals surface area contributed by atoms with Crippen molar-refractivity contribution in [3.8, 4) is 0 Å². The first-order chi connectivity index (χ1) is 7.83. The minimum Gasteiger partial charge on any atom is -0.0949 e. The summed E-state index contributed by atoms with van der Waals surface area (Å²) in [4.78, 5) is 0. The van der Waals surface area contributed by atoms with Crippen molar-refractivity contribution in [1.82, 2.24) is 0 Å². The molecule has 0 N–H and O–H groups in total. The van der Waals surface area contributed by atoms with E-state index in [1.54, 1.807) is 5.57 Å². The maximum Gasteiger partial charge on any atom is -0.00109 e. The fourth-order valence-electron chi connectivity index (χ4n) is 2.74. The zero-order valence-corrected chi connectivity index (χ0v) is 9.39. The van der Waals surface area contributed by atoms with Crippen LogP contribution in [0.4, 0.5) is 0 Å². The number of rotatable bonds is 3. The number of allylic oxidation sites excluding steroid dienone is 5. The van der Waals surface area contributed by atoms with Crippen LogP contribution in [0.25, 0.3) is 5.57 Å². The molecule has 0 amide bonds. The molecule has 0 aliphatic heterocycles. The summed E-state index contributed by atoms with van der Waals surface area (Å²) < 4.78 is 0. The summed E-state index contributed by atoms with van der Waals surface area (Å²) >= 11 is 0. The Morgan fingerprint density at radius 2 is 2.00 bits per heavy atom. The van der Waals surface area contributed by atoms with E-state index in [0.29, 0.717) is 11.8 Å². The van der Waals surface area contributed by atoms with Crippen LogP contribution < -0.4 is 0 Å². The van der Waals surface area contributed by atoms with Crippen LogP contribution in [0.15, 0.2) is 60.7 Å². The lowest BCUT2D eigenvalue weighted by Gasteiger charge is -2.12. The van der Waals surface area contributed by atoms with Crippen molar-refractivity contribution in [3.63, 3.8) is 0 Å². The van der Waals surface area contributed by atoms with Crippen molar-refractivity contribution in [2.45, 2.75) is 12.8 Å². The molecule has 2 aliphatic carbocycles. The summed E-state index contributed by atoms with van der Waals surface area (Å²) in [6.07, 6.45) is 9.46. The molecule has 0 saturated heterocycles. The van der Waals surface area contributed by atoms with Crippen molar-refractivity contribution in [2.24, 2.45) is 11.8 Å². The lowest BCUT2D eigenvalue weighted by Crippen LogP contribution is -1.95. The van der Waals surface area contributed by atoms with Crippen molar-refractivity contribution in [2.75, 3.05) is 0 Å². The molecule has 2 bridgehead atoms. The lowest BCUT2D eigenvalue weighted by molar-refractivity contribution is 0.708. The zero-order valence-electron chi connectivity index (χ0n) is 9.39. The third-order valence-corrected chi connectivity index (χ3v) is 3.62. The monoisotopic (exact) mass is 208 g/mol. The van der Waals surface area contributed by atoms with Gasteiger partial charge in [-0.25, -0.2) is 0 Å². The number of fused-ring (bicyclic) bond motifs is 2. The SMILES string of the molecule is C=C(CC1=CC2C=CC1C2)c1ccccc1. The van der Waals surface area contributed by atoms with Gasteiger partial charge in [-0.1, -0.05) is 60.7 Å². The van der Waals surface area contributed by atoms with E-state index in [9.17, 15) is 0 Å². The second-order valence-corrected chi connectivity index (χ2v) is 4.78. The standard InChI is InChI=1S/C16H16/c1-12(14-5-3-2-4-6-14)9-16-11-13-7-8-15(16)10-13/h2-8,11,13,15H,1,9-10H2. The summed E-state index contributed by atoms with van der Waals surface area (Å²) in [5.74, 6) is 1.41. The van der Waals surface area contributed by atoms with Gasteiger partial charge in [0.2, 0.25) is 0 Å². The summed E-state index contributed by atoms with van der Waals surface area (Å²) in [6, 6.07) is 10.5. The quantitative estimate of drug-likeness (QED) is 0.652. The molecule has 2 atom stereocenters. The Balaban J connectivity index is 1.73. The Kier molecular flexibility index (Phi) is 2.28. The largest absolute Gasteiger partial charge is 0.0949 e. The van der Waals surface area contributed by atoms with Crippen LogP contribution in [0, 0.1) is 11.8 Å². The van der Waals surface area contributed by atoms with Gasteiger partial charge in [0.1, 0.15) is 0 Å². The molecule has 0 fully saturated rings. The van der Waals surface area contributed by atoms with E-state index in [-0.39, 0.29) is 0 Å². The first kappa shape index (κ1) is 9.65. The predicted octanol–water partition coefficient (Wildman–Crippen LogP) is 4.22. The van der Waals surface area contributed by atoms with Crippen molar-refractivity contribution in [1.29, 1.82) is 0 Å². The Bertz CT molecular complexity index is 462. The average molecular weight is 208 g/mol. The molecule has 16 heavy (non-hydrogen) atoms. The fourth-order valence-corrected chi connectivity index (χ4v) is 2.74. The van der Waals surface area contributed by atoms with Gasteiger partial charge in [-0.2, -0.15) is 0 Å². The first-order valence-electron chi connectivity index (χ1n) is 5.95. The maximum absolute atomic E-state index is 4.21. The van der Waals surface area contributed by atoms with Crippen LogP contribution in [0.2, 0.25) is 0 Å². The topological polar surface area (TPSA) is 0 Å². The molecule has 0 nitrogen and oxygen atoms in total. The minimum absolute atomic E-state index is 0.700. The molecule has 1 aromatic rings. The third kappa shape index (κ3) is 1.65. The molecule has 1 aromatic carbocycles. The average Bonchev–Trinajstić information content (AvgIpc) is 2.92. The summed E-state index contributed by atoms with van der Waals surface area (Å²) in [5.41, 5.74) is 4.09. The van der Waals surface area contributed by atoms with E-state index in [1.165, 1.54) is 17.6 Å². The molecule has 3 rings (SSSR count). The first-order valence-corrected chi connectivity index (χ1v) is 5.95. The van der Waals surface area contributed by atoms with Gasteiger partial charge in [-0.05, 0) is 35.8 Å². The van der Waals surface area contributed by atoms with Gasteiger partial charge in [-0.3, -0.25) is 0 Å². The Labute approximate surface area is 97.0 Å². The van der Waals surface area contributed by atoms with E-state index in [4.69, 9.17) is 0 Å². The second kappa shape index (κ2) is 3.79. The molecule has 0 heterocycles. The van der Waals surface area contributed by atoms with Crippen molar-refractivity contribution < 1.29 is 0 Å². The smallest absolute Gasteiger partial charge is 0.00109 e. The highest BCUT2D eigenvalue weighted by molar-refractivity contribution is 5.66. The van der Waals surface area contributed by atoms with Crippen LogP contribution in [0.3, 0.4) is 0 Å². The Morgan fingerprint density at radius 1 is 1.19 bits per heavy atom. The third-order valence-electron chi connectivity index (χ3n) is 3.62. The maximum atomic E-state index is 4.21. The van der Waals surface area contributed by atoms with Crippen molar-refractivity contribution >= 4 is 5.57 Å². The fraction of sp³-hybridized carbons (Fsp3) is 0.250. The van der Waals surface area contributed by atoms with Crippen LogP contribution in [0.5, 0.6) is 0 Å². The van der Waals surface area contributed by atoms with Gasteiger partial charge in [0.25, 0.3) is 0 Å². The predicted molar refractivity (Wildman–Crippen MR) is 68.9 cm³/mol. The van der Waals surface area contributed by atoms with E-state index < -0.39 is 0 Å². The summed E-state index contributed by atoms with van der Waals surface area (Å²) in [7, 11) is 0. The molecule has 0 aromatic heterocycles. The molecule has 0 spiro atoms. The minimum atomic E-state index is 0.700. The van der Waals surface area contributed by atoms with Gasteiger partial charge in [0, 0.05) is 0 Å². The van der Waals surface area contributed by atoms with Crippen LogP contribution in [-0.4, -0.2) is 0 Å². The van der Waals surface area contributed by atoms with E-state index >= 15 is 0 Å². The molecule has 0 saturated carbocycles. The van der Waals surface area contributed by atoms with Crippen LogP contribution in [0.1, 0.15) is 18.4 Å². The molecular formula is C16H16. The molecule has 80 valence electrons. The highest BCUT2D eigenvalue weighted by Gasteiger charge is 2.27. The molecule has 2 aliphatic rings. The van der Waals surface area contributed by atoms with Gasteiger partial charge < -0.3 is 0 Å². The number of benzene rings is 1.